The lowest BCUT2D eigenvalue weighted by molar-refractivity contribution is 0.415. The molecule has 2 heterocycles. The Bertz CT molecular complexity index is 314. The highest BCUT2D eigenvalue weighted by molar-refractivity contribution is 7.10. The summed E-state index contributed by atoms with van der Waals surface area (Å²) in [5, 5.41) is 5.67. The van der Waals surface area contributed by atoms with Crippen LogP contribution in [0.2, 0.25) is 0 Å². The van der Waals surface area contributed by atoms with Gasteiger partial charge in [-0.3, -0.25) is 0 Å². The lowest BCUT2D eigenvalue weighted by Gasteiger charge is -1.79. The zero-order chi connectivity index (χ0) is 8.23. The molecule has 12 heavy (non-hydrogen) atoms. The lowest BCUT2D eigenvalue weighted by Crippen LogP contribution is -1.71. The summed E-state index contributed by atoms with van der Waals surface area (Å²) in [4.78, 5) is 5.04. The van der Waals surface area contributed by atoms with Gasteiger partial charge in [-0.15, -0.1) is 11.3 Å². The second-order valence-electron chi connectivity index (χ2n) is 2.14. The minimum absolute atomic E-state index is 0.600. The Kier molecular flexibility index (Phi) is 2.00. The first-order chi connectivity index (χ1) is 5.95. The summed E-state index contributed by atoms with van der Waals surface area (Å²) >= 11 is 1.67. The second-order valence-corrected chi connectivity index (χ2v) is 3.12. The van der Waals surface area contributed by atoms with Crippen LogP contribution < -0.4 is 0 Å². The van der Waals surface area contributed by atoms with Crippen LogP contribution in [0, 0.1) is 0 Å². The fourth-order valence-electron chi connectivity index (χ4n) is 0.795. The number of aromatic nitrogens is 2. The van der Waals surface area contributed by atoms with Crippen LogP contribution in [-0.2, 0) is 0 Å². The molecule has 0 amide bonds. The molecule has 3 nitrogen and oxygen atoms in total. The molecule has 0 saturated heterocycles. The number of rotatable bonds is 2. The summed E-state index contributed by atoms with van der Waals surface area (Å²) in [6, 6.07) is 4.03. The molecule has 0 N–H and O–H groups in total. The fourth-order valence-corrected chi connectivity index (χ4v) is 1.41. The Balaban J connectivity index is 2.14. The van der Waals surface area contributed by atoms with E-state index in [1.165, 1.54) is 11.3 Å². The van der Waals surface area contributed by atoms with Crippen molar-refractivity contribution in [2.45, 2.75) is 0 Å². The zero-order valence-electron chi connectivity index (χ0n) is 6.18. The van der Waals surface area contributed by atoms with E-state index in [2.05, 4.69) is 14.7 Å². The monoisotopic (exact) mass is 178 g/mol. The van der Waals surface area contributed by atoms with Crippen molar-refractivity contribution >= 4 is 23.5 Å². The highest BCUT2D eigenvalue weighted by Gasteiger charge is 1.90. The Morgan fingerprint density at radius 1 is 1.42 bits per heavy atom. The third kappa shape index (κ3) is 1.60. The standard InChI is InChI=1S/C8H6N2OS/c1-2-7(12-5-1)3-4-8-9-6-11-10-8/h1-6H. The van der Waals surface area contributed by atoms with Crippen molar-refractivity contribution in [1.29, 1.82) is 0 Å². The molecule has 2 aromatic rings. The number of nitrogens with zero attached hydrogens (tertiary/aromatic N) is 2. The lowest BCUT2D eigenvalue weighted by atomic mass is 10.4. The van der Waals surface area contributed by atoms with Gasteiger partial charge < -0.3 is 4.52 Å². The number of hydrogen-bond acceptors (Lipinski definition) is 4. The van der Waals surface area contributed by atoms with Crippen molar-refractivity contribution in [3.05, 3.63) is 34.6 Å². The second kappa shape index (κ2) is 3.32. The molecule has 0 radical (unpaired) electrons. The topological polar surface area (TPSA) is 38.9 Å². The molecular formula is C8H6N2OS. The van der Waals surface area contributed by atoms with E-state index in [0.29, 0.717) is 5.82 Å². The van der Waals surface area contributed by atoms with Gasteiger partial charge in [0.15, 0.2) is 5.82 Å². The maximum Gasteiger partial charge on any atom is 0.214 e. The van der Waals surface area contributed by atoms with Gasteiger partial charge in [0.1, 0.15) is 0 Å². The SMILES string of the molecule is C(=Cc1cccs1)c1ncon1. The van der Waals surface area contributed by atoms with Crippen LogP contribution in [0.15, 0.2) is 28.4 Å². The Morgan fingerprint density at radius 2 is 2.42 bits per heavy atom. The Labute approximate surface area is 73.4 Å². The minimum atomic E-state index is 0.600. The van der Waals surface area contributed by atoms with Gasteiger partial charge in [-0.25, -0.2) is 0 Å². The molecule has 2 rings (SSSR count). The van der Waals surface area contributed by atoms with Crippen molar-refractivity contribution < 1.29 is 4.52 Å². The highest BCUT2D eigenvalue weighted by atomic mass is 32.1. The first-order valence-electron chi connectivity index (χ1n) is 3.43. The summed E-state index contributed by atoms with van der Waals surface area (Å²) in [5.41, 5.74) is 0. The van der Waals surface area contributed by atoms with Gasteiger partial charge in [0.05, 0.1) is 0 Å². The molecule has 0 aliphatic carbocycles. The Morgan fingerprint density at radius 3 is 3.08 bits per heavy atom. The predicted octanol–water partition coefficient (Wildman–Crippen LogP) is 2.30. The van der Waals surface area contributed by atoms with Gasteiger partial charge >= 0.3 is 0 Å². The van der Waals surface area contributed by atoms with Crippen LogP contribution in [0.1, 0.15) is 10.7 Å². The summed E-state index contributed by atoms with van der Waals surface area (Å²) in [6.07, 6.45) is 5.08. The van der Waals surface area contributed by atoms with Gasteiger partial charge in [0, 0.05) is 4.88 Å². The van der Waals surface area contributed by atoms with E-state index in [-0.39, 0.29) is 0 Å². The van der Waals surface area contributed by atoms with Crippen LogP contribution in [0.3, 0.4) is 0 Å². The largest absolute Gasteiger partial charge is 0.342 e. The molecule has 0 unspecified atom stereocenters. The van der Waals surface area contributed by atoms with E-state index in [9.17, 15) is 0 Å². The summed E-state index contributed by atoms with van der Waals surface area (Å²) in [5.74, 6) is 0.600. The van der Waals surface area contributed by atoms with Crippen LogP contribution in [0.5, 0.6) is 0 Å². The van der Waals surface area contributed by atoms with Crippen LogP contribution in [0.4, 0.5) is 0 Å². The molecule has 60 valence electrons. The molecule has 0 aliphatic heterocycles. The number of hydrogen-bond donors (Lipinski definition) is 0. The van der Waals surface area contributed by atoms with Crippen molar-refractivity contribution in [3.63, 3.8) is 0 Å². The van der Waals surface area contributed by atoms with Gasteiger partial charge in [-0.1, -0.05) is 11.2 Å². The third-order valence-corrected chi connectivity index (χ3v) is 2.16. The van der Waals surface area contributed by atoms with Crippen LogP contribution in [0.25, 0.3) is 12.2 Å². The maximum absolute atomic E-state index is 4.58. The van der Waals surface area contributed by atoms with Crippen molar-refractivity contribution in [1.82, 2.24) is 10.1 Å². The van der Waals surface area contributed by atoms with Crippen molar-refractivity contribution in [2.75, 3.05) is 0 Å². The molecule has 0 atom stereocenters. The molecule has 0 aromatic carbocycles. The smallest absolute Gasteiger partial charge is 0.214 e. The van der Waals surface area contributed by atoms with Crippen molar-refractivity contribution in [2.24, 2.45) is 0 Å². The summed E-state index contributed by atoms with van der Waals surface area (Å²) < 4.78 is 4.58. The van der Waals surface area contributed by atoms with Gasteiger partial charge in [-0.05, 0) is 23.6 Å². The van der Waals surface area contributed by atoms with Crippen molar-refractivity contribution in [3.8, 4) is 0 Å². The van der Waals surface area contributed by atoms with E-state index >= 15 is 0 Å². The molecule has 4 heteroatoms. The van der Waals surface area contributed by atoms with Crippen LogP contribution in [-0.4, -0.2) is 10.1 Å². The van der Waals surface area contributed by atoms with E-state index in [1.54, 1.807) is 11.3 Å². The van der Waals surface area contributed by atoms with Gasteiger partial charge in [0.2, 0.25) is 6.39 Å². The third-order valence-electron chi connectivity index (χ3n) is 1.32. The molecule has 0 aliphatic rings. The van der Waals surface area contributed by atoms with E-state index in [4.69, 9.17) is 0 Å². The number of thiophene rings is 1. The molecule has 2 aromatic heterocycles. The average molecular weight is 178 g/mol. The Hall–Kier alpha value is -1.42. The molecule has 0 bridgehead atoms. The molecule has 0 fully saturated rings. The van der Waals surface area contributed by atoms with E-state index in [1.807, 2.05) is 29.7 Å². The van der Waals surface area contributed by atoms with E-state index in [0.717, 1.165) is 0 Å². The summed E-state index contributed by atoms with van der Waals surface area (Å²) in [7, 11) is 0. The van der Waals surface area contributed by atoms with Crippen LogP contribution >= 0.6 is 11.3 Å². The van der Waals surface area contributed by atoms with Gasteiger partial charge in [0.25, 0.3) is 0 Å². The zero-order valence-corrected chi connectivity index (χ0v) is 6.99. The quantitative estimate of drug-likeness (QED) is 0.708. The predicted molar refractivity (Wildman–Crippen MR) is 47.5 cm³/mol. The maximum atomic E-state index is 4.58. The van der Waals surface area contributed by atoms with E-state index < -0.39 is 0 Å². The first kappa shape index (κ1) is 7.24. The molecular weight excluding hydrogens is 172 g/mol. The highest BCUT2D eigenvalue weighted by Crippen LogP contribution is 2.11. The fraction of sp³-hybridized carbons (Fsp3) is 0. The normalized spacial score (nSPS) is 11.0. The summed E-state index contributed by atoms with van der Waals surface area (Å²) in [6.45, 7) is 0. The minimum Gasteiger partial charge on any atom is -0.342 e. The first-order valence-corrected chi connectivity index (χ1v) is 4.31. The molecule has 0 spiro atoms. The van der Waals surface area contributed by atoms with Gasteiger partial charge in [-0.2, -0.15) is 4.98 Å². The molecule has 0 saturated carbocycles. The average Bonchev–Trinajstić information content (AvgIpc) is 2.74.